The van der Waals surface area contributed by atoms with Gasteiger partial charge in [0.05, 0.1) is 22.6 Å². The van der Waals surface area contributed by atoms with E-state index in [1.54, 1.807) is 44.4 Å². The van der Waals surface area contributed by atoms with Gasteiger partial charge >= 0.3 is 0 Å². The van der Waals surface area contributed by atoms with Gasteiger partial charge in [-0.2, -0.15) is 0 Å². The number of carbonyl (C=O) groups is 4. The van der Waals surface area contributed by atoms with E-state index in [0.717, 1.165) is 0 Å². The Balaban J connectivity index is 1.42. The van der Waals surface area contributed by atoms with E-state index in [1.807, 2.05) is 4.90 Å². The van der Waals surface area contributed by atoms with Crippen molar-refractivity contribution in [2.24, 2.45) is 5.92 Å². The number of amides is 4. The molecule has 1 saturated carbocycles. The third kappa shape index (κ3) is 5.66. The summed E-state index contributed by atoms with van der Waals surface area (Å²) in [6.07, 6.45) is 3.94. The van der Waals surface area contributed by atoms with Gasteiger partial charge in [-0.1, -0.05) is 17.7 Å². The van der Waals surface area contributed by atoms with Crippen LogP contribution in [0, 0.1) is 5.92 Å². The molecule has 1 aliphatic carbocycles. The number of morpholine rings is 1. The summed E-state index contributed by atoms with van der Waals surface area (Å²) in [4.78, 5) is 59.5. The highest BCUT2D eigenvalue weighted by atomic mass is 35.5. The summed E-state index contributed by atoms with van der Waals surface area (Å²) in [5.74, 6) is -1.47. The number of nitrogens with zero attached hydrogens (tertiary/aromatic N) is 3. The number of ether oxygens (including phenoxy) is 1. The average molecular weight is 568 g/mol. The first-order chi connectivity index (χ1) is 19.2. The van der Waals surface area contributed by atoms with Crippen molar-refractivity contribution in [3.05, 3.63) is 52.9 Å². The molecule has 0 atom stereocenters. The number of halogens is 1. The molecule has 210 valence electrons. The first kappa shape index (κ1) is 27.6. The maximum Gasteiger partial charge on any atom is 0.294 e. The number of rotatable bonds is 6. The van der Waals surface area contributed by atoms with E-state index in [-0.39, 0.29) is 59.1 Å². The second-order valence-corrected chi connectivity index (χ2v) is 10.6. The number of benzene rings is 1. The van der Waals surface area contributed by atoms with Crippen LogP contribution in [0.2, 0.25) is 5.02 Å². The van der Waals surface area contributed by atoms with Gasteiger partial charge in [-0.15, -0.1) is 0 Å². The fourth-order valence-corrected chi connectivity index (χ4v) is 5.37. The summed E-state index contributed by atoms with van der Waals surface area (Å²) in [6.45, 7) is 1.17. The Morgan fingerprint density at radius 1 is 1.07 bits per heavy atom. The molecule has 0 unspecified atom stereocenters. The van der Waals surface area contributed by atoms with E-state index in [2.05, 4.69) is 15.6 Å². The van der Waals surface area contributed by atoms with Gasteiger partial charge in [0.1, 0.15) is 23.7 Å². The third-order valence-corrected chi connectivity index (χ3v) is 7.53. The highest BCUT2D eigenvalue weighted by Crippen LogP contribution is 2.36. The molecule has 0 spiro atoms. The van der Waals surface area contributed by atoms with E-state index in [4.69, 9.17) is 20.8 Å². The molecule has 2 aromatic heterocycles. The molecular formula is C28H30ClN5O6. The molecule has 12 heteroatoms. The smallest absolute Gasteiger partial charge is 0.294 e. The second-order valence-electron chi connectivity index (χ2n) is 10.1. The van der Waals surface area contributed by atoms with Gasteiger partial charge in [0.2, 0.25) is 17.6 Å². The first-order valence-corrected chi connectivity index (χ1v) is 13.5. The van der Waals surface area contributed by atoms with Crippen LogP contribution in [0.3, 0.4) is 0 Å². The van der Waals surface area contributed by atoms with Crippen LogP contribution >= 0.6 is 11.6 Å². The Bertz CT molecular complexity index is 1450. The van der Waals surface area contributed by atoms with Crippen LogP contribution in [-0.2, 0) is 14.3 Å². The van der Waals surface area contributed by atoms with Crippen molar-refractivity contribution in [3.8, 4) is 0 Å². The minimum atomic E-state index is -0.640. The summed E-state index contributed by atoms with van der Waals surface area (Å²) in [7, 11) is 3.24. The largest absolute Gasteiger partial charge is 0.449 e. The molecule has 3 aromatic rings. The van der Waals surface area contributed by atoms with E-state index < -0.39 is 5.91 Å². The average Bonchev–Trinajstić information content (AvgIpc) is 3.32. The monoisotopic (exact) mass is 567 g/mol. The molecule has 0 bridgehead atoms. The molecule has 2 fully saturated rings. The summed E-state index contributed by atoms with van der Waals surface area (Å²) >= 11 is 5.91. The van der Waals surface area contributed by atoms with Gasteiger partial charge in [0, 0.05) is 38.8 Å². The molecule has 2 aliphatic rings. The predicted octanol–water partition coefficient (Wildman–Crippen LogP) is 3.79. The Kier molecular flexibility index (Phi) is 8.04. The van der Waals surface area contributed by atoms with Gasteiger partial charge in [-0.25, -0.2) is 4.98 Å². The number of hydrogen-bond donors (Lipinski definition) is 2. The Labute approximate surface area is 235 Å². The van der Waals surface area contributed by atoms with Crippen molar-refractivity contribution in [2.75, 3.05) is 44.5 Å². The lowest BCUT2D eigenvalue weighted by Crippen LogP contribution is -2.49. The number of nitrogens with one attached hydrogen (secondary N) is 2. The van der Waals surface area contributed by atoms with Crippen molar-refractivity contribution < 1.29 is 28.3 Å². The number of carbonyl (C=O) groups excluding carboxylic acids is 4. The highest BCUT2D eigenvalue weighted by Gasteiger charge is 2.34. The standard InChI is InChI=1S/C28H30ClN5O6/c1-33(2)28(38)19-4-3-5-20-23(19)24(25(40-20)27(37)31-21-11-8-17(29)14-30-21)32-26(36)16-6-9-18(10-7-16)34-12-13-39-15-22(34)35/h3-5,8,11,14,16,18H,6-7,9-10,12-13,15H2,1-2H3,(H,32,36)(H,30,31,37). The summed E-state index contributed by atoms with van der Waals surface area (Å²) in [5.41, 5.74) is 0.703. The van der Waals surface area contributed by atoms with Crippen molar-refractivity contribution in [2.45, 2.75) is 31.7 Å². The lowest BCUT2D eigenvalue weighted by Gasteiger charge is -2.38. The summed E-state index contributed by atoms with van der Waals surface area (Å²) < 4.78 is 11.2. The number of aromatic nitrogens is 1. The van der Waals surface area contributed by atoms with E-state index in [1.165, 1.54) is 11.1 Å². The predicted molar refractivity (Wildman–Crippen MR) is 148 cm³/mol. The Hall–Kier alpha value is -3.96. The van der Waals surface area contributed by atoms with E-state index >= 15 is 0 Å². The van der Waals surface area contributed by atoms with Gasteiger partial charge in [-0.3, -0.25) is 19.2 Å². The zero-order valence-corrected chi connectivity index (χ0v) is 23.0. The van der Waals surface area contributed by atoms with E-state index in [0.29, 0.717) is 54.8 Å². The topological polar surface area (TPSA) is 134 Å². The maximum atomic E-state index is 13.5. The maximum absolute atomic E-state index is 13.5. The van der Waals surface area contributed by atoms with Gasteiger partial charge in [0.25, 0.3) is 11.8 Å². The van der Waals surface area contributed by atoms with Crippen LogP contribution in [0.15, 0.2) is 40.9 Å². The Morgan fingerprint density at radius 3 is 2.52 bits per heavy atom. The Morgan fingerprint density at radius 2 is 1.85 bits per heavy atom. The molecule has 1 saturated heterocycles. The van der Waals surface area contributed by atoms with Gasteiger partial charge in [-0.05, 0) is 49.9 Å². The summed E-state index contributed by atoms with van der Waals surface area (Å²) in [5, 5.41) is 6.33. The molecular weight excluding hydrogens is 538 g/mol. The van der Waals surface area contributed by atoms with Crippen molar-refractivity contribution in [3.63, 3.8) is 0 Å². The minimum Gasteiger partial charge on any atom is -0.449 e. The van der Waals surface area contributed by atoms with Crippen LogP contribution in [0.4, 0.5) is 11.5 Å². The molecule has 3 heterocycles. The molecule has 0 radical (unpaired) electrons. The van der Waals surface area contributed by atoms with Crippen LogP contribution in [0.1, 0.15) is 46.6 Å². The number of furan rings is 1. The fraction of sp³-hybridized carbons (Fsp3) is 0.393. The lowest BCUT2D eigenvalue weighted by atomic mass is 9.84. The third-order valence-electron chi connectivity index (χ3n) is 7.31. The van der Waals surface area contributed by atoms with Crippen molar-refractivity contribution in [1.82, 2.24) is 14.8 Å². The second kappa shape index (κ2) is 11.6. The van der Waals surface area contributed by atoms with E-state index in [9.17, 15) is 19.2 Å². The van der Waals surface area contributed by atoms with Crippen LogP contribution < -0.4 is 10.6 Å². The summed E-state index contributed by atoms with van der Waals surface area (Å²) in [6, 6.07) is 8.13. The molecule has 11 nitrogen and oxygen atoms in total. The van der Waals surface area contributed by atoms with Gasteiger partial charge in [0.15, 0.2) is 0 Å². The first-order valence-electron chi connectivity index (χ1n) is 13.1. The normalized spacial score (nSPS) is 19.4. The highest BCUT2D eigenvalue weighted by molar-refractivity contribution is 6.30. The molecule has 1 aliphatic heterocycles. The quantitative estimate of drug-likeness (QED) is 0.463. The van der Waals surface area contributed by atoms with Crippen molar-refractivity contribution in [1.29, 1.82) is 0 Å². The number of hydrogen-bond acceptors (Lipinski definition) is 7. The number of anilines is 2. The molecule has 4 amide bonds. The van der Waals surface area contributed by atoms with Crippen LogP contribution in [-0.4, -0.2) is 78.3 Å². The number of fused-ring (bicyclic) bond motifs is 1. The zero-order chi connectivity index (χ0) is 28.4. The molecule has 40 heavy (non-hydrogen) atoms. The minimum absolute atomic E-state index is 0.0204. The van der Waals surface area contributed by atoms with Gasteiger partial charge < -0.3 is 29.6 Å². The molecule has 5 rings (SSSR count). The van der Waals surface area contributed by atoms with Crippen LogP contribution in [0.5, 0.6) is 0 Å². The fourth-order valence-electron chi connectivity index (χ4n) is 5.26. The van der Waals surface area contributed by atoms with Crippen molar-refractivity contribution >= 4 is 57.7 Å². The molecule has 1 aromatic carbocycles. The number of pyridine rings is 1. The lowest BCUT2D eigenvalue weighted by molar-refractivity contribution is -0.146. The zero-order valence-electron chi connectivity index (χ0n) is 22.2. The van der Waals surface area contributed by atoms with Crippen LogP contribution in [0.25, 0.3) is 11.0 Å². The SMILES string of the molecule is CN(C)C(=O)c1cccc2oc(C(=O)Nc3ccc(Cl)cn3)c(NC(=O)C3CCC(N4CCOCC4=O)CC3)c12. The molecule has 2 N–H and O–H groups in total.